The molecule has 0 bridgehead atoms. The molecule has 0 aliphatic carbocycles. The van der Waals surface area contributed by atoms with Gasteiger partial charge in [-0.3, -0.25) is 9.59 Å². The van der Waals surface area contributed by atoms with Gasteiger partial charge in [0.25, 0.3) is 11.8 Å². The molecule has 9 nitrogen and oxygen atoms in total. The van der Waals surface area contributed by atoms with E-state index in [1.807, 2.05) is 0 Å². The fourth-order valence-corrected chi connectivity index (χ4v) is 3.84. The number of halogens is 4. The minimum Gasteiger partial charge on any atom is -0.350 e. The minimum absolute atomic E-state index is 0.0299. The van der Waals surface area contributed by atoms with E-state index in [4.69, 9.17) is 11.6 Å². The highest BCUT2D eigenvalue weighted by Crippen LogP contribution is 2.31. The third-order valence-electron chi connectivity index (χ3n) is 5.42. The predicted octanol–water partition coefficient (Wildman–Crippen LogP) is 2.69. The van der Waals surface area contributed by atoms with E-state index in [-0.39, 0.29) is 28.1 Å². The molecule has 2 aromatic heterocycles. The number of aromatic nitrogens is 3. The van der Waals surface area contributed by atoms with E-state index in [1.54, 1.807) is 45.9 Å². The summed E-state index contributed by atoms with van der Waals surface area (Å²) in [4.78, 5) is 30.8. The zero-order chi connectivity index (χ0) is 29.1. The maximum absolute atomic E-state index is 13.6. The number of amides is 2. The van der Waals surface area contributed by atoms with Gasteiger partial charge >= 0.3 is 6.18 Å². The van der Waals surface area contributed by atoms with Crippen LogP contribution < -0.4 is 26.6 Å². The normalized spacial score (nSPS) is 12.7. The van der Waals surface area contributed by atoms with Crippen LogP contribution in [0.15, 0.2) is 42.2 Å². The number of rotatable bonds is 7. The number of hydroxylamine groups is 1. The number of anilines is 1. The van der Waals surface area contributed by atoms with Crippen molar-refractivity contribution >= 4 is 41.8 Å². The zero-order valence-electron chi connectivity index (χ0n) is 21.5. The molecule has 0 unspecified atom stereocenters. The second-order valence-electron chi connectivity index (χ2n) is 8.94. The number of nitrogens with one attached hydrogen (secondary N) is 2. The highest BCUT2D eigenvalue weighted by molar-refractivity contribution is 6.32. The van der Waals surface area contributed by atoms with E-state index < -0.39 is 29.4 Å². The number of nitrogens with two attached hydrogens (primary N) is 1. The molecule has 0 spiro atoms. The van der Waals surface area contributed by atoms with Gasteiger partial charge in [-0.25, -0.2) is 14.9 Å². The van der Waals surface area contributed by atoms with E-state index in [2.05, 4.69) is 27.3 Å². The smallest absolute Gasteiger partial charge is 0.350 e. The Bertz CT molecular complexity index is 1560. The lowest BCUT2D eigenvalue weighted by molar-refractivity contribution is -0.850. The first kappa shape index (κ1) is 29.6. The first-order valence-corrected chi connectivity index (χ1v) is 12.0. The van der Waals surface area contributed by atoms with Crippen molar-refractivity contribution in [3.8, 4) is 5.82 Å². The van der Waals surface area contributed by atoms with Crippen LogP contribution in [0.1, 0.15) is 52.9 Å². The Morgan fingerprint density at radius 1 is 1.26 bits per heavy atom. The summed E-state index contributed by atoms with van der Waals surface area (Å²) in [7, 11) is 0. The van der Waals surface area contributed by atoms with Gasteiger partial charge in [-0.15, -0.1) is 0 Å². The van der Waals surface area contributed by atoms with Gasteiger partial charge in [0.15, 0.2) is 11.5 Å². The highest BCUT2D eigenvalue weighted by atomic mass is 35.5. The Morgan fingerprint density at radius 2 is 1.95 bits per heavy atom. The predicted molar refractivity (Wildman–Crippen MR) is 140 cm³/mol. The molecule has 0 aliphatic rings. The third-order valence-corrected chi connectivity index (χ3v) is 5.72. The lowest BCUT2D eigenvalue weighted by Gasteiger charge is -2.17. The van der Waals surface area contributed by atoms with E-state index in [1.165, 1.54) is 18.3 Å². The summed E-state index contributed by atoms with van der Waals surface area (Å²) >= 11 is 6.14. The number of quaternary nitrogens is 1. The van der Waals surface area contributed by atoms with Crippen molar-refractivity contribution in [3.63, 3.8) is 0 Å². The molecule has 2 amide bonds. The van der Waals surface area contributed by atoms with Gasteiger partial charge in [0.05, 0.1) is 16.3 Å². The average Bonchev–Trinajstić information content (AvgIpc) is 3.30. The van der Waals surface area contributed by atoms with E-state index in [0.717, 1.165) is 5.48 Å². The van der Waals surface area contributed by atoms with Crippen molar-refractivity contribution in [3.05, 3.63) is 80.2 Å². The maximum Gasteiger partial charge on any atom is 0.435 e. The Balaban J connectivity index is 2.25. The molecule has 0 aliphatic heterocycles. The second-order valence-corrected chi connectivity index (χ2v) is 9.35. The van der Waals surface area contributed by atoms with E-state index >= 15 is 0 Å². The fraction of sp³-hybridized carbons (Fsp3) is 0.231. The topological polar surface area (TPSA) is 126 Å². The van der Waals surface area contributed by atoms with Crippen LogP contribution in [0.2, 0.25) is 5.02 Å². The third kappa shape index (κ3) is 6.72. The number of hydrogen-bond donors (Lipinski definition) is 4. The molecular formula is C26H27ClF3N6O3+. The largest absolute Gasteiger partial charge is 0.435 e. The Labute approximate surface area is 226 Å². The van der Waals surface area contributed by atoms with Crippen LogP contribution >= 0.6 is 11.6 Å². The van der Waals surface area contributed by atoms with Crippen LogP contribution in [0.3, 0.4) is 0 Å². The number of benzene rings is 1. The number of nitrogens with zero attached hydrogens (tertiary/aromatic N) is 3. The molecule has 206 valence electrons. The Kier molecular flexibility index (Phi) is 8.95. The first-order valence-electron chi connectivity index (χ1n) is 11.6. The SMILES string of the molecule is C=c1cc(C)c(NC(=O)c2cc(C(F)(F)F)nn2-c2ncccc2Cl)c(C(=O)NC(C)C)/c1=C/C=C(/C)[NH2+]O. The molecule has 2 heterocycles. The van der Waals surface area contributed by atoms with Gasteiger partial charge in [0.1, 0.15) is 11.4 Å². The first-order chi connectivity index (χ1) is 18.2. The molecule has 0 fully saturated rings. The van der Waals surface area contributed by atoms with E-state index in [9.17, 15) is 28.0 Å². The van der Waals surface area contributed by atoms with Crippen LogP contribution in [-0.4, -0.2) is 37.8 Å². The lowest BCUT2D eigenvalue weighted by Crippen LogP contribution is -2.77. The van der Waals surface area contributed by atoms with Crippen molar-refractivity contribution in [1.82, 2.24) is 20.1 Å². The molecule has 13 heteroatoms. The van der Waals surface area contributed by atoms with Crippen LogP contribution in [0.5, 0.6) is 0 Å². The van der Waals surface area contributed by atoms with Gasteiger partial charge in [-0.1, -0.05) is 18.2 Å². The van der Waals surface area contributed by atoms with Gasteiger partial charge in [-0.2, -0.15) is 23.8 Å². The van der Waals surface area contributed by atoms with Crippen LogP contribution in [-0.2, 0) is 6.18 Å². The monoisotopic (exact) mass is 563 g/mol. The van der Waals surface area contributed by atoms with Crippen LogP contribution in [0.4, 0.5) is 18.9 Å². The second kappa shape index (κ2) is 11.8. The summed E-state index contributed by atoms with van der Waals surface area (Å²) in [5, 5.41) is 18.9. The van der Waals surface area contributed by atoms with Crippen molar-refractivity contribution in [2.75, 3.05) is 5.32 Å². The summed E-state index contributed by atoms with van der Waals surface area (Å²) in [6.45, 7) is 10.7. The van der Waals surface area contributed by atoms with Gasteiger partial charge in [0.2, 0.25) is 0 Å². The molecule has 39 heavy (non-hydrogen) atoms. The Morgan fingerprint density at radius 3 is 2.54 bits per heavy atom. The number of alkyl halides is 3. The van der Waals surface area contributed by atoms with Crippen molar-refractivity contribution in [2.45, 2.75) is 39.9 Å². The van der Waals surface area contributed by atoms with Crippen LogP contribution in [0.25, 0.3) is 18.5 Å². The molecule has 0 saturated carbocycles. The molecular weight excluding hydrogens is 537 g/mol. The average molecular weight is 564 g/mol. The van der Waals surface area contributed by atoms with Gasteiger partial charge in [0, 0.05) is 25.2 Å². The number of carbonyl (C=O) groups is 2. The summed E-state index contributed by atoms with van der Waals surface area (Å²) in [6, 6.07) is 4.80. The minimum atomic E-state index is -4.86. The summed E-state index contributed by atoms with van der Waals surface area (Å²) < 4.78 is 41.4. The van der Waals surface area contributed by atoms with E-state index in [0.29, 0.717) is 32.4 Å². The number of hydrogen-bond acceptors (Lipinski definition) is 5. The molecule has 0 saturated heterocycles. The van der Waals surface area contributed by atoms with Crippen molar-refractivity contribution in [1.29, 1.82) is 0 Å². The molecule has 5 N–H and O–H groups in total. The highest BCUT2D eigenvalue weighted by Gasteiger charge is 2.37. The molecule has 1 aromatic carbocycles. The zero-order valence-corrected chi connectivity index (χ0v) is 22.3. The fourth-order valence-electron chi connectivity index (χ4n) is 3.64. The van der Waals surface area contributed by atoms with Crippen molar-refractivity contribution in [2.24, 2.45) is 0 Å². The summed E-state index contributed by atoms with van der Waals surface area (Å²) in [5.41, 5.74) is 0.0653. The Hall–Kier alpha value is -4.00. The lowest BCUT2D eigenvalue weighted by atomic mass is 10.0. The van der Waals surface area contributed by atoms with Gasteiger partial charge < -0.3 is 10.6 Å². The molecule has 0 radical (unpaired) electrons. The summed E-state index contributed by atoms with van der Waals surface area (Å²) in [5.74, 6) is -1.71. The van der Waals surface area contributed by atoms with Crippen molar-refractivity contribution < 1.29 is 33.4 Å². The van der Waals surface area contributed by atoms with Gasteiger partial charge in [-0.05, 0) is 67.1 Å². The molecule has 3 rings (SSSR count). The maximum atomic E-state index is 13.6. The molecule has 3 aromatic rings. The summed E-state index contributed by atoms with van der Waals surface area (Å²) in [6.07, 6.45) is -0.463. The quantitative estimate of drug-likeness (QED) is 0.329. The van der Waals surface area contributed by atoms with Crippen LogP contribution in [0, 0.1) is 6.92 Å². The number of pyridine rings is 1. The number of allylic oxidation sites excluding steroid dienone is 2. The number of aryl methyl sites for hydroxylation is 1. The molecule has 0 atom stereocenters. The standard InChI is InChI=1S/C26H26ClF3N6O3/c1-13(2)32-25(38)21-17(9-8-16(5)35-39)14(3)11-15(4)22(21)33-24(37)19-12-20(26(28,29)30)34-36(19)23-18(27)7-6-10-31-23/h6-13,35,39H,3H2,1-2,4-5H3,(H,32,38)(H,33,37)/p+1/b16-8-,17-9+. The number of carbonyl (C=O) groups excluding carboxylic acids is 2.